The van der Waals surface area contributed by atoms with Crippen LogP contribution < -0.4 is 10.3 Å². The summed E-state index contributed by atoms with van der Waals surface area (Å²) in [7, 11) is 0. The topological polar surface area (TPSA) is 64.4 Å². The molecule has 2 atom stereocenters. The summed E-state index contributed by atoms with van der Waals surface area (Å²) in [6.45, 7) is 3.54. The Morgan fingerprint density at radius 3 is 2.84 bits per heavy atom. The Bertz CT molecular complexity index is 1200. The van der Waals surface area contributed by atoms with Crippen molar-refractivity contribution >= 4 is 23.3 Å². The normalized spacial score (nSPS) is 20.5. The molecule has 1 saturated heterocycles. The van der Waals surface area contributed by atoms with Crippen LogP contribution >= 0.6 is 11.3 Å². The summed E-state index contributed by atoms with van der Waals surface area (Å²) in [6, 6.07) is 15.1. The first kappa shape index (κ1) is 19.8. The van der Waals surface area contributed by atoms with Crippen molar-refractivity contribution in [1.82, 2.24) is 14.7 Å². The minimum Gasteiger partial charge on any atom is -0.488 e. The summed E-state index contributed by atoms with van der Waals surface area (Å²) >= 11 is 1.60. The largest absolute Gasteiger partial charge is 0.488 e. The van der Waals surface area contributed by atoms with E-state index in [1.165, 1.54) is 0 Å². The van der Waals surface area contributed by atoms with E-state index in [0.717, 1.165) is 21.9 Å². The zero-order valence-electron chi connectivity index (χ0n) is 17.2. The number of hydrogen-bond donors (Lipinski definition) is 0. The Balaban J connectivity index is 1.33. The van der Waals surface area contributed by atoms with E-state index in [0.29, 0.717) is 25.1 Å². The van der Waals surface area contributed by atoms with E-state index >= 15 is 0 Å². The lowest BCUT2D eigenvalue weighted by molar-refractivity contribution is -0.129. The van der Waals surface area contributed by atoms with Gasteiger partial charge in [0, 0.05) is 24.7 Å². The Morgan fingerprint density at radius 1 is 1.16 bits per heavy atom. The van der Waals surface area contributed by atoms with Gasteiger partial charge in [0.25, 0.3) is 11.5 Å². The van der Waals surface area contributed by atoms with Crippen LogP contribution in [0.1, 0.15) is 24.9 Å². The van der Waals surface area contributed by atoms with Crippen LogP contribution in [0, 0.1) is 5.92 Å². The number of carbonyl (C=O) groups excluding carboxylic acids is 1. The van der Waals surface area contributed by atoms with Crippen LogP contribution in [0.25, 0.3) is 16.6 Å². The number of aromatic nitrogens is 2. The van der Waals surface area contributed by atoms with Crippen molar-refractivity contribution in [3.63, 3.8) is 0 Å². The highest BCUT2D eigenvalue weighted by atomic mass is 32.1. The summed E-state index contributed by atoms with van der Waals surface area (Å²) in [5.41, 5.74) is 2.31. The number of carbonyl (C=O) groups is 1. The molecule has 2 aliphatic heterocycles. The first-order chi connectivity index (χ1) is 15.1. The van der Waals surface area contributed by atoms with Crippen molar-refractivity contribution < 1.29 is 9.53 Å². The van der Waals surface area contributed by atoms with E-state index in [1.54, 1.807) is 28.2 Å². The van der Waals surface area contributed by atoms with Gasteiger partial charge in [-0.15, -0.1) is 11.3 Å². The molecule has 0 N–H and O–H groups in total. The maximum Gasteiger partial charge on any atom is 0.267 e. The first-order valence-corrected chi connectivity index (χ1v) is 11.3. The lowest BCUT2D eigenvalue weighted by Crippen LogP contribution is -2.46. The molecule has 158 valence electrons. The van der Waals surface area contributed by atoms with Gasteiger partial charge in [-0.05, 0) is 42.0 Å². The number of thiophene rings is 1. The molecular formula is C24H23N3O3S. The highest BCUT2D eigenvalue weighted by Gasteiger charge is 2.33. The molecule has 1 amide bonds. The summed E-state index contributed by atoms with van der Waals surface area (Å²) < 4.78 is 7.37. The van der Waals surface area contributed by atoms with Gasteiger partial charge in [0.05, 0.1) is 16.5 Å². The van der Waals surface area contributed by atoms with Gasteiger partial charge in [0.1, 0.15) is 18.1 Å². The SMILES string of the molecule is C[C@H]1CN(C(=O)C2=Cc3ccccc3OC2)CC[C@H]1n1nc(-c2cccs2)ccc1=O. The lowest BCUT2D eigenvalue weighted by Gasteiger charge is -2.37. The van der Waals surface area contributed by atoms with Crippen molar-refractivity contribution in [3.8, 4) is 16.3 Å². The third-order valence-electron chi connectivity index (χ3n) is 5.97. The smallest absolute Gasteiger partial charge is 0.267 e. The highest BCUT2D eigenvalue weighted by Crippen LogP contribution is 2.31. The second kappa shape index (κ2) is 8.15. The summed E-state index contributed by atoms with van der Waals surface area (Å²) in [4.78, 5) is 28.6. The third-order valence-corrected chi connectivity index (χ3v) is 6.86. The first-order valence-electron chi connectivity index (χ1n) is 10.5. The number of likely N-dealkylation sites (tertiary alicyclic amines) is 1. The van der Waals surface area contributed by atoms with Crippen molar-refractivity contribution in [2.24, 2.45) is 5.92 Å². The Hall–Kier alpha value is -3.19. The molecule has 3 aromatic rings. The average molecular weight is 434 g/mol. The molecule has 0 saturated carbocycles. The van der Waals surface area contributed by atoms with Crippen molar-refractivity contribution in [3.05, 3.63) is 75.4 Å². The summed E-state index contributed by atoms with van der Waals surface area (Å²) in [5.74, 6) is 0.925. The summed E-state index contributed by atoms with van der Waals surface area (Å²) in [6.07, 6.45) is 2.62. The van der Waals surface area contributed by atoms with E-state index in [-0.39, 0.29) is 30.0 Å². The molecule has 0 radical (unpaired) electrons. The number of para-hydroxylation sites is 1. The molecule has 7 heteroatoms. The third kappa shape index (κ3) is 3.81. The molecule has 0 aliphatic carbocycles. The van der Waals surface area contributed by atoms with Gasteiger partial charge in [0.2, 0.25) is 0 Å². The number of piperidine rings is 1. The molecule has 0 bridgehead atoms. The number of benzene rings is 1. The van der Waals surface area contributed by atoms with Crippen LogP contribution in [0.2, 0.25) is 0 Å². The van der Waals surface area contributed by atoms with E-state index in [2.05, 4.69) is 12.0 Å². The number of nitrogens with zero attached hydrogens (tertiary/aromatic N) is 3. The molecule has 4 heterocycles. The Kier molecular flexibility index (Phi) is 5.19. The number of fused-ring (bicyclic) bond motifs is 1. The molecule has 5 rings (SSSR count). The van der Waals surface area contributed by atoms with E-state index < -0.39 is 0 Å². The van der Waals surface area contributed by atoms with Crippen molar-refractivity contribution in [2.45, 2.75) is 19.4 Å². The van der Waals surface area contributed by atoms with Crippen LogP contribution in [0.4, 0.5) is 0 Å². The van der Waals surface area contributed by atoms with Gasteiger partial charge < -0.3 is 9.64 Å². The molecule has 31 heavy (non-hydrogen) atoms. The Morgan fingerprint density at radius 2 is 2.03 bits per heavy atom. The van der Waals surface area contributed by atoms with Crippen LogP contribution in [0.15, 0.2) is 64.3 Å². The fraction of sp³-hybridized carbons (Fsp3) is 0.292. The fourth-order valence-corrected chi connectivity index (χ4v) is 5.03. The lowest BCUT2D eigenvalue weighted by atomic mass is 9.93. The molecule has 2 aliphatic rings. The quantitative estimate of drug-likeness (QED) is 0.629. The predicted molar refractivity (Wildman–Crippen MR) is 121 cm³/mol. The minimum absolute atomic E-state index is 0.00689. The van der Waals surface area contributed by atoms with Crippen LogP contribution in [0.3, 0.4) is 0 Å². The molecular weight excluding hydrogens is 410 g/mol. The van der Waals surface area contributed by atoms with E-state index in [4.69, 9.17) is 4.74 Å². The summed E-state index contributed by atoms with van der Waals surface area (Å²) in [5, 5.41) is 6.65. The zero-order valence-corrected chi connectivity index (χ0v) is 18.0. The van der Waals surface area contributed by atoms with Gasteiger partial charge in [-0.25, -0.2) is 4.68 Å². The molecule has 6 nitrogen and oxygen atoms in total. The average Bonchev–Trinajstić information content (AvgIpc) is 3.34. The molecule has 0 unspecified atom stereocenters. The van der Waals surface area contributed by atoms with Crippen molar-refractivity contribution in [2.75, 3.05) is 19.7 Å². The minimum atomic E-state index is -0.100. The van der Waals surface area contributed by atoms with Crippen LogP contribution in [-0.2, 0) is 4.79 Å². The molecule has 2 aromatic heterocycles. The van der Waals surface area contributed by atoms with Gasteiger partial charge in [-0.2, -0.15) is 5.10 Å². The highest BCUT2D eigenvalue weighted by molar-refractivity contribution is 7.13. The van der Waals surface area contributed by atoms with Gasteiger partial charge in [0.15, 0.2) is 0 Å². The monoisotopic (exact) mass is 433 g/mol. The van der Waals surface area contributed by atoms with E-state index in [1.807, 2.05) is 52.8 Å². The number of amides is 1. The second-order valence-electron chi connectivity index (χ2n) is 8.06. The van der Waals surface area contributed by atoms with Crippen molar-refractivity contribution in [1.29, 1.82) is 0 Å². The number of hydrogen-bond acceptors (Lipinski definition) is 5. The second-order valence-corrected chi connectivity index (χ2v) is 9.01. The van der Waals surface area contributed by atoms with Gasteiger partial charge >= 0.3 is 0 Å². The number of ether oxygens (including phenoxy) is 1. The number of rotatable bonds is 3. The van der Waals surface area contributed by atoms with Gasteiger partial charge in [-0.1, -0.05) is 31.2 Å². The molecule has 1 aromatic carbocycles. The Labute approximate surface area is 184 Å². The maximum atomic E-state index is 13.1. The van der Waals surface area contributed by atoms with Gasteiger partial charge in [-0.3, -0.25) is 9.59 Å². The van der Waals surface area contributed by atoms with Crippen LogP contribution in [0.5, 0.6) is 5.75 Å². The molecule has 1 fully saturated rings. The predicted octanol–water partition coefficient (Wildman–Crippen LogP) is 3.86. The standard InChI is InChI=1S/C24H23N3O3S/c1-16-14-26(24(29)18-13-17-5-2-3-6-21(17)30-15-18)11-10-20(16)27-23(28)9-8-19(25-27)22-7-4-12-31-22/h2-9,12-13,16,20H,10-11,14-15H2,1H3/t16-,20+/m0/s1. The van der Waals surface area contributed by atoms with E-state index in [9.17, 15) is 9.59 Å². The maximum absolute atomic E-state index is 13.1. The fourth-order valence-electron chi connectivity index (χ4n) is 4.34. The zero-order chi connectivity index (χ0) is 21.4. The molecule has 0 spiro atoms. The van der Waals surface area contributed by atoms with Crippen LogP contribution in [-0.4, -0.2) is 40.3 Å².